The van der Waals surface area contributed by atoms with E-state index in [9.17, 15) is 4.79 Å². The molecule has 0 aromatic rings. The minimum Gasteiger partial charge on any atom is -0.550 e. The molecule has 0 aromatic heterocycles. The average molecular weight is 483 g/mol. The maximum Gasteiger partial charge on any atom is 4.00 e. The maximum absolute atomic E-state index is 10.3. The van der Waals surface area contributed by atoms with Gasteiger partial charge in [-0.3, -0.25) is 0 Å². The molecule has 0 aromatic carbocycles. The van der Waals surface area contributed by atoms with Gasteiger partial charge in [0, 0.05) is 19.2 Å². The summed E-state index contributed by atoms with van der Waals surface area (Å²) in [5.74, 6) is -1.08. The second-order valence-corrected chi connectivity index (χ2v) is 3.39. The van der Waals surface area contributed by atoms with Crippen LogP contribution in [0.2, 0.25) is 0 Å². The number of hydrogen-bond donors (Lipinski definition) is 0. The van der Waals surface area contributed by atoms with E-state index in [2.05, 4.69) is 27.7 Å². The van der Waals surface area contributed by atoms with Crippen molar-refractivity contribution in [2.75, 3.05) is 13.2 Å². The van der Waals surface area contributed by atoms with Gasteiger partial charge in [0.05, 0.1) is 6.29 Å². The summed E-state index contributed by atoms with van der Waals surface area (Å²) in [4.78, 5) is 19.2. The van der Waals surface area contributed by atoms with Gasteiger partial charge < -0.3 is 38.0 Å². The molecule has 5 nitrogen and oxygen atoms in total. The number of aliphatic carboxylic acids is 1. The van der Waals surface area contributed by atoms with Gasteiger partial charge in [-0.15, -0.1) is 0 Å². The SMILES string of the molecule is CC(=O)[O-].CCCCOC([C-]=O)OCCCC.[CH2-]C.[CH2-]C.[Hf+4]. The Hall–Kier alpha value is -0.0699. The summed E-state index contributed by atoms with van der Waals surface area (Å²) in [7, 11) is 0. The first kappa shape index (κ1) is 33.5. The van der Waals surface area contributed by atoms with Gasteiger partial charge in [0.25, 0.3) is 0 Å². The van der Waals surface area contributed by atoms with Crippen molar-refractivity contribution in [1.29, 1.82) is 0 Å². The second-order valence-electron chi connectivity index (χ2n) is 3.39. The summed E-state index contributed by atoms with van der Waals surface area (Å²) in [6.07, 6.45) is 4.97. The fourth-order valence-corrected chi connectivity index (χ4v) is 0.786. The van der Waals surface area contributed by atoms with Crippen LogP contribution in [0.4, 0.5) is 0 Å². The molecule has 0 spiro atoms. The summed E-state index contributed by atoms with van der Waals surface area (Å²) < 4.78 is 10.3. The summed E-state index contributed by atoms with van der Waals surface area (Å²) in [6.45, 7) is 16.3. The summed E-state index contributed by atoms with van der Waals surface area (Å²) in [5, 5.41) is 8.89. The van der Waals surface area contributed by atoms with E-state index in [0.29, 0.717) is 13.2 Å². The van der Waals surface area contributed by atoms with Crippen molar-refractivity contribution in [3.05, 3.63) is 13.8 Å². The Morgan fingerprint density at radius 2 is 1.32 bits per heavy atom. The topological polar surface area (TPSA) is 75.7 Å². The van der Waals surface area contributed by atoms with Crippen LogP contribution in [-0.4, -0.2) is 31.8 Å². The number of unbranched alkanes of at least 4 members (excludes halogenated alkanes) is 2. The minimum atomic E-state index is -1.08. The molecular formula is C16H32HfO5. The molecule has 0 aliphatic heterocycles. The molecule has 0 radical (unpaired) electrons. The fraction of sp³-hybridized carbons (Fsp3) is 0.750. The van der Waals surface area contributed by atoms with Gasteiger partial charge in [0.2, 0.25) is 0 Å². The first-order valence-electron chi connectivity index (χ1n) is 7.28. The van der Waals surface area contributed by atoms with Crippen molar-refractivity contribution in [3.63, 3.8) is 0 Å². The first-order chi connectivity index (χ1) is 10.1. The minimum absolute atomic E-state index is 0. The van der Waals surface area contributed by atoms with E-state index < -0.39 is 12.3 Å². The number of rotatable bonds is 9. The number of carboxylic acid groups (broad SMARTS) is 1. The van der Waals surface area contributed by atoms with Gasteiger partial charge in [0.1, 0.15) is 0 Å². The van der Waals surface area contributed by atoms with E-state index in [1.165, 1.54) is 0 Å². The third-order valence-electron chi connectivity index (χ3n) is 1.63. The summed E-state index contributed by atoms with van der Waals surface area (Å²) in [6, 6.07) is 0. The van der Waals surface area contributed by atoms with Gasteiger partial charge >= 0.3 is 25.8 Å². The Kier molecular flexibility index (Phi) is 56.8. The van der Waals surface area contributed by atoms with Crippen molar-refractivity contribution in [1.82, 2.24) is 0 Å². The van der Waals surface area contributed by atoms with Gasteiger partial charge in [-0.05, 0) is 19.8 Å². The van der Waals surface area contributed by atoms with Gasteiger partial charge in [0.15, 0.2) is 0 Å². The Bertz CT molecular complexity index is 175. The fourth-order valence-electron chi connectivity index (χ4n) is 0.786. The predicted molar refractivity (Wildman–Crippen MR) is 83.9 cm³/mol. The largest absolute Gasteiger partial charge is 4.00 e. The van der Waals surface area contributed by atoms with E-state index in [0.717, 1.165) is 32.6 Å². The van der Waals surface area contributed by atoms with Crippen LogP contribution in [-0.2, 0) is 44.9 Å². The molecule has 0 heterocycles. The van der Waals surface area contributed by atoms with Gasteiger partial charge in [-0.1, -0.05) is 26.7 Å². The number of carboxylic acids is 1. The van der Waals surface area contributed by atoms with Crippen LogP contribution in [0.3, 0.4) is 0 Å². The monoisotopic (exact) mass is 484 g/mol. The van der Waals surface area contributed by atoms with E-state index in [1.807, 2.05) is 0 Å². The number of hydrogen-bond acceptors (Lipinski definition) is 5. The maximum atomic E-state index is 10.3. The molecule has 0 amide bonds. The molecule has 0 rings (SSSR count). The normalized spacial score (nSPS) is 8.00. The molecule has 0 bridgehead atoms. The van der Waals surface area contributed by atoms with Crippen molar-refractivity contribution in [2.24, 2.45) is 0 Å². The van der Waals surface area contributed by atoms with Crippen molar-refractivity contribution in [3.8, 4) is 0 Å². The Balaban J connectivity index is -0.0000000907. The molecule has 0 N–H and O–H groups in total. The van der Waals surface area contributed by atoms with Crippen LogP contribution in [0, 0.1) is 13.8 Å². The summed E-state index contributed by atoms with van der Waals surface area (Å²) in [5.41, 5.74) is 0. The zero-order valence-corrected chi connectivity index (χ0v) is 18.4. The number of ether oxygens (including phenoxy) is 2. The zero-order chi connectivity index (χ0) is 17.5. The van der Waals surface area contributed by atoms with Crippen LogP contribution in [0.1, 0.15) is 60.3 Å². The third kappa shape index (κ3) is 50.2. The van der Waals surface area contributed by atoms with Crippen LogP contribution < -0.4 is 5.11 Å². The van der Waals surface area contributed by atoms with E-state index >= 15 is 0 Å². The van der Waals surface area contributed by atoms with Gasteiger partial charge in [-0.25, -0.2) is 6.29 Å². The second kappa shape index (κ2) is 37.3. The van der Waals surface area contributed by atoms with Crippen LogP contribution >= 0.6 is 0 Å². The zero-order valence-electron chi connectivity index (χ0n) is 14.8. The molecule has 0 saturated heterocycles. The van der Waals surface area contributed by atoms with E-state index in [4.69, 9.17) is 19.4 Å². The Morgan fingerprint density at radius 3 is 1.50 bits per heavy atom. The number of carbonyl (C=O) groups is 1. The van der Waals surface area contributed by atoms with Crippen LogP contribution in [0.5, 0.6) is 0 Å². The molecule has 0 fully saturated rings. The Morgan fingerprint density at radius 1 is 1.05 bits per heavy atom. The van der Waals surface area contributed by atoms with Crippen molar-refractivity contribution < 1.29 is 50.0 Å². The van der Waals surface area contributed by atoms with E-state index in [1.54, 1.807) is 20.1 Å². The molecule has 0 atom stereocenters. The molecule has 22 heavy (non-hydrogen) atoms. The van der Waals surface area contributed by atoms with Crippen LogP contribution in [0.25, 0.3) is 0 Å². The molecule has 0 saturated carbocycles. The molecule has 130 valence electrons. The third-order valence-corrected chi connectivity index (χ3v) is 1.63. The van der Waals surface area contributed by atoms with Gasteiger partial charge in [-0.2, -0.15) is 13.8 Å². The average Bonchev–Trinajstić information content (AvgIpc) is 2.49. The molecule has 0 aliphatic carbocycles. The molecule has 6 heteroatoms. The van der Waals surface area contributed by atoms with Crippen LogP contribution in [0.15, 0.2) is 0 Å². The van der Waals surface area contributed by atoms with Crippen molar-refractivity contribution in [2.45, 2.75) is 66.6 Å². The first-order valence-corrected chi connectivity index (χ1v) is 7.28. The number of carbonyl (C=O) groups excluding carboxylic acids is 2. The molecule has 0 aliphatic rings. The summed E-state index contributed by atoms with van der Waals surface area (Å²) >= 11 is 0. The van der Waals surface area contributed by atoms with E-state index in [-0.39, 0.29) is 25.8 Å². The molecule has 0 unspecified atom stereocenters. The standard InChI is InChI=1S/C10H19O3.C2H4O2.2C2H5.Hf/c1-3-5-7-12-10(9-11)13-8-6-4-2;1-2(3)4;2*1-2;/h10H,3-8H2,1-2H3;1H3,(H,3,4);2*1H2,2H3;/q-1;;2*-1;+4/p-1. The smallest absolute Gasteiger partial charge is 0.550 e. The quantitative estimate of drug-likeness (QED) is 0.218. The Labute approximate surface area is 155 Å². The molecular weight excluding hydrogens is 451 g/mol. The van der Waals surface area contributed by atoms with Crippen molar-refractivity contribution >= 4 is 12.3 Å². The predicted octanol–water partition coefficient (Wildman–Crippen LogP) is 2.49.